The maximum Gasteiger partial charge on any atom is 0.387 e. The minimum Gasteiger partial charge on any atom is -0.435 e. The van der Waals surface area contributed by atoms with Crippen molar-refractivity contribution < 1.29 is 13.5 Å². The van der Waals surface area contributed by atoms with E-state index < -0.39 is 6.61 Å². The van der Waals surface area contributed by atoms with Crippen LogP contribution in [-0.2, 0) is 6.54 Å². The van der Waals surface area contributed by atoms with Crippen molar-refractivity contribution in [2.24, 2.45) is 0 Å². The molecule has 1 aliphatic heterocycles. The molecule has 1 unspecified atom stereocenters. The van der Waals surface area contributed by atoms with Crippen molar-refractivity contribution in [1.82, 2.24) is 10.2 Å². The fourth-order valence-corrected chi connectivity index (χ4v) is 2.63. The lowest BCUT2D eigenvalue weighted by Gasteiger charge is -2.26. The Morgan fingerprint density at radius 1 is 1.25 bits per heavy atom. The van der Waals surface area contributed by atoms with Crippen LogP contribution in [0.25, 0.3) is 0 Å². The first-order valence-corrected chi connectivity index (χ1v) is 7.10. The van der Waals surface area contributed by atoms with E-state index in [2.05, 4.69) is 22.0 Å². The van der Waals surface area contributed by atoms with Crippen LogP contribution in [0.4, 0.5) is 8.78 Å². The van der Waals surface area contributed by atoms with Gasteiger partial charge in [0.25, 0.3) is 0 Å². The summed E-state index contributed by atoms with van der Waals surface area (Å²) in [6.45, 7) is 0.238. The van der Waals surface area contributed by atoms with Gasteiger partial charge in [-0.15, -0.1) is 0 Å². The summed E-state index contributed by atoms with van der Waals surface area (Å²) in [6.07, 6.45) is 3.56. The summed E-state index contributed by atoms with van der Waals surface area (Å²) < 4.78 is 28.5. The summed E-state index contributed by atoms with van der Waals surface area (Å²) in [5.74, 6) is 0.213. The molecule has 0 aromatic heterocycles. The van der Waals surface area contributed by atoms with Crippen molar-refractivity contribution in [2.75, 3.05) is 20.1 Å². The SMILES string of the molecule is CN(Cc1ccc(OC(F)F)cc1)C1CCCNCC1. The third kappa shape index (κ3) is 4.72. The summed E-state index contributed by atoms with van der Waals surface area (Å²) >= 11 is 0. The lowest BCUT2D eigenvalue weighted by Crippen LogP contribution is -2.31. The third-order valence-corrected chi connectivity index (χ3v) is 3.75. The van der Waals surface area contributed by atoms with Crippen LogP contribution in [-0.4, -0.2) is 37.7 Å². The normalized spacial score (nSPS) is 20.1. The van der Waals surface area contributed by atoms with Crippen molar-refractivity contribution in [2.45, 2.75) is 38.5 Å². The van der Waals surface area contributed by atoms with Crippen molar-refractivity contribution in [1.29, 1.82) is 0 Å². The Morgan fingerprint density at radius 3 is 2.70 bits per heavy atom. The van der Waals surface area contributed by atoms with E-state index in [-0.39, 0.29) is 5.75 Å². The Kier molecular flexibility index (Phi) is 5.73. The van der Waals surface area contributed by atoms with E-state index in [1.807, 2.05) is 12.1 Å². The van der Waals surface area contributed by atoms with Gasteiger partial charge in [-0.1, -0.05) is 12.1 Å². The van der Waals surface area contributed by atoms with Gasteiger partial charge < -0.3 is 10.1 Å². The van der Waals surface area contributed by atoms with E-state index >= 15 is 0 Å². The molecule has 1 atom stereocenters. The standard InChI is InChI=1S/C15H22F2N2O/c1-19(13-3-2-9-18-10-8-13)11-12-4-6-14(7-5-12)20-15(16)17/h4-7,13,15,18H,2-3,8-11H2,1H3. The van der Waals surface area contributed by atoms with Crippen LogP contribution >= 0.6 is 0 Å². The van der Waals surface area contributed by atoms with Gasteiger partial charge in [-0.2, -0.15) is 8.78 Å². The quantitative estimate of drug-likeness (QED) is 0.900. The Bertz CT molecular complexity index is 389. The molecule has 1 fully saturated rings. The van der Waals surface area contributed by atoms with Crippen molar-refractivity contribution >= 4 is 0 Å². The summed E-state index contributed by atoms with van der Waals surface area (Å²) in [5, 5.41) is 3.41. The zero-order chi connectivity index (χ0) is 14.4. The number of halogens is 2. The maximum absolute atomic E-state index is 12.1. The first kappa shape index (κ1) is 15.2. The lowest BCUT2D eigenvalue weighted by molar-refractivity contribution is -0.0498. The van der Waals surface area contributed by atoms with Crippen LogP contribution in [0.3, 0.4) is 0 Å². The number of alkyl halides is 2. The van der Waals surface area contributed by atoms with Crippen molar-refractivity contribution in [3.05, 3.63) is 29.8 Å². The number of hydrogen-bond acceptors (Lipinski definition) is 3. The number of nitrogens with zero attached hydrogens (tertiary/aromatic N) is 1. The van der Waals surface area contributed by atoms with Gasteiger partial charge in [0.05, 0.1) is 0 Å². The Labute approximate surface area is 118 Å². The molecule has 1 heterocycles. The molecule has 1 aromatic carbocycles. The number of hydrogen-bond donors (Lipinski definition) is 1. The molecule has 2 rings (SSSR count). The molecule has 0 amide bonds. The molecule has 5 heteroatoms. The molecule has 3 nitrogen and oxygen atoms in total. The monoisotopic (exact) mass is 284 g/mol. The predicted octanol–water partition coefficient (Wildman–Crippen LogP) is 2.86. The molecule has 0 radical (unpaired) electrons. The highest BCUT2D eigenvalue weighted by atomic mass is 19.3. The zero-order valence-electron chi connectivity index (χ0n) is 11.8. The second kappa shape index (κ2) is 7.55. The van der Waals surface area contributed by atoms with Gasteiger partial charge in [-0.25, -0.2) is 0 Å². The average molecular weight is 284 g/mol. The van der Waals surface area contributed by atoms with Crippen LogP contribution in [0.2, 0.25) is 0 Å². The molecule has 1 aromatic rings. The van der Waals surface area contributed by atoms with Gasteiger partial charge in [0, 0.05) is 12.6 Å². The molecule has 112 valence electrons. The second-order valence-electron chi connectivity index (χ2n) is 5.27. The highest BCUT2D eigenvalue weighted by molar-refractivity contribution is 5.27. The maximum atomic E-state index is 12.1. The van der Waals surface area contributed by atoms with Gasteiger partial charge in [0.2, 0.25) is 0 Å². The van der Waals surface area contributed by atoms with E-state index in [1.165, 1.54) is 12.8 Å². The van der Waals surface area contributed by atoms with Gasteiger partial charge in [0.15, 0.2) is 0 Å². The number of benzene rings is 1. The molecule has 0 spiro atoms. The molecule has 0 bridgehead atoms. The van der Waals surface area contributed by atoms with E-state index in [4.69, 9.17) is 0 Å². The van der Waals surface area contributed by atoms with Crippen LogP contribution < -0.4 is 10.1 Å². The Hall–Kier alpha value is -1.20. The lowest BCUT2D eigenvalue weighted by atomic mass is 10.1. The highest BCUT2D eigenvalue weighted by Crippen LogP contribution is 2.18. The van der Waals surface area contributed by atoms with Crippen LogP contribution in [0.15, 0.2) is 24.3 Å². The summed E-state index contributed by atoms with van der Waals surface area (Å²) in [7, 11) is 2.12. The molecule has 20 heavy (non-hydrogen) atoms. The minimum absolute atomic E-state index is 0.213. The third-order valence-electron chi connectivity index (χ3n) is 3.75. The van der Waals surface area contributed by atoms with Gasteiger partial charge in [0.1, 0.15) is 5.75 Å². The topological polar surface area (TPSA) is 24.5 Å². The average Bonchev–Trinajstić information content (AvgIpc) is 2.69. The Morgan fingerprint density at radius 2 is 2.00 bits per heavy atom. The second-order valence-corrected chi connectivity index (χ2v) is 5.27. The van der Waals surface area contributed by atoms with Gasteiger partial charge in [-0.05, 0) is 57.1 Å². The van der Waals surface area contributed by atoms with Crippen molar-refractivity contribution in [3.63, 3.8) is 0 Å². The highest BCUT2D eigenvalue weighted by Gasteiger charge is 2.16. The Balaban J connectivity index is 1.88. The van der Waals surface area contributed by atoms with Crippen LogP contribution in [0, 0.1) is 0 Å². The van der Waals surface area contributed by atoms with Crippen LogP contribution in [0.5, 0.6) is 5.75 Å². The molecule has 1 saturated heterocycles. The molecule has 1 aliphatic rings. The predicted molar refractivity (Wildman–Crippen MR) is 75.0 cm³/mol. The van der Waals surface area contributed by atoms with Crippen LogP contribution in [0.1, 0.15) is 24.8 Å². The first-order chi connectivity index (χ1) is 9.65. The van der Waals surface area contributed by atoms with Gasteiger partial charge >= 0.3 is 6.61 Å². The molecule has 0 saturated carbocycles. The molecular formula is C15H22F2N2O. The number of ether oxygens (including phenoxy) is 1. The van der Waals surface area contributed by atoms with E-state index in [1.54, 1.807) is 12.1 Å². The molecule has 1 N–H and O–H groups in total. The minimum atomic E-state index is -2.76. The van der Waals surface area contributed by atoms with E-state index in [0.29, 0.717) is 6.04 Å². The zero-order valence-corrected chi connectivity index (χ0v) is 11.8. The summed E-state index contributed by atoms with van der Waals surface area (Å²) in [5.41, 5.74) is 1.12. The summed E-state index contributed by atoms with van der Waals surface area (Å²) in [4.78, 5) is 2.34. The van der Waals surface area contributed by atoms with E-state index in [9.17, 15) is 8.78 Å². The largest absolute Gasteiger partial charge is 0.435 e. The smallest absolute Gasteiger partial charge is 0.387 e. The molecular weight excluding hydrogens is 262 g/mol. The number of nitrogens with one attached hydrogen (secondary N) is 1. The number of rotatable bonds is 5. The molecule has 0 aliphatic carbocycles. The fraction of sp³-hybridized carbons (Fsp3) is 0.600. The summed E-state index contributed by atoms with van der Waals surface area (Å²) in [6, 6.07) is 7.49. The van der Waals surface area contributed by atoms with Gasteiger partial charge in [-0.3, -0.25) is 4.90 Å². The first-order valence-electron chi connectivity index (χ1n) is 7.10. The van der Waals surface area contributed by atoms with Crippen molar-refractivity contribution in [3.8, 4) is 5.75 Å². The van der Waals surface area contributed by atoms with E-state index in [0.717, 1.165) is 31.6 Å². The fourth-order valence-electron chi connectivity index (χ4n) is 2.63.